The van der Waals surface area contributed by atoms with Crippen LogP contribution in [0.3, 0.4) is 0 Å². The van der Waals surface area contributed by atoms with E-state index in [0.29, 0.717) is 24.0 Å². The maximum atomic E-state index is 9.50. The summed E-state index contributed by atoms with van der Waals surface area (Å²) in [6, 6.07) is 5.60. The van der Waals surface area contributed by atoms with Gasteiger partial charge in [0.15, 0.2) is 17.5 Å². The van der Waals surface area contributed by atoms with E-state index in [1.165, 1.54) is 0 Å². The van der Waals surface area contributed by atoms with Crippen molar-refractivity contribution in [1.82, 2.24) is 5.32 Å². The van der Waals surface area contributed by atoms with Gasteiger partial charge in [0.1, 0.15) is 0 Å². The molecule has 0 spiro atoms. The summed E-state index contributed by atoms with van der Waals surface area (Å²) in [6.45, 7) is 7.50. The first-order valence-corrected chi connectivity index (χ1v) is 7.90. The fourth-order valence-electron chi connectivity index (χ4n) is 1.90. The van der Waals surface area contributed by atoms with Crippen molar-refractivity contribution in [2.45, 2.75) is 27.2 Å². The highest BCUT2D eigenvalue weighted by Gasteiger charge is 2.20. The molecular weight excluding hydrogens is 421 g/mol. The maximum absolute atomic E-state index is 9.50. The number of anilines is 1. The lowest BCUT2D eigenvalue weighted by atomic mass is 9.89. The van der Waals surface area contributed by atoms with Gasteiger partial charge in [0, 0.05) is 23.7 Å². The number of rotatable bonds is 8. The minimum atomic E-state index is -0.208. The molecular formula is C17H30IN3O3. The second kappa shape index (κ2) is 11.4. The number of guanidine groups is 1. The minimum Gasteiger partial charge on any atom is -0.493 e. The minimum absolute atomic E-state index is 0. The number of ether oxygens (including phenoxy) is 2. The average Bonchev–Trinajstić information content (AvgIpc) is 2.59. The Hall–Kier alpha value is -1.22. The molecule has 0 aliphatic heterocycles. The highest BCUT2D eigenvalue weighted by molar-refractivity contribution is 14.0. The Labute approximate surface area is 162 Å². The van der Waals surface area contributed by atoms with Crippen molar-refractivity contribution >= 4 is 35.6 Å². The molecule has 0 saturated heterocycles. The number of nitrogens with zero attached hydrogens (tertiary/aromatic N) is 1. The van der Waals surface area contributed by atoms with E-state index < -0.39 is 0 Å². The van der Waals surface area contributed by atoms with Gasteiger partial charge in [-0.2, -0.15) is 0 Å². The third-order valence-corrected chi connectivity index (χ3v) is 3.84. The van der Waals surface area contributed by atoms with Gasteiger partial charge in [0.05, 0.1) is 27.4 Å². The Kier molecular flexibility index (Phi) is 10.8. The summed E-state index contributed by atoms with van der Waals surface area (Å²) >= 11 is 0. The number of halogens is 1. The lowest BCUT2D eigenvalue weighted by molar-refractivity contribution is 0.146. The summed E-state index contributed by atoms with van der Waals surface area (Å²) in [6.07, 6.45) is 0.864. The second-order valence-electron chi connectivity index (χ2n) is 5.71. The second-order valence-corrected chi connectivity index (χ2v) is 5.71. The zero-order valence-corrected chi connectivity index (χ0v) is 17.5. The molecule has 0 aromatic heterocycles. The SMILES string of the molecule is CCNC(=NCC(C)(CC)CO)Nc1ccc(OC)c(OC)c1.I. The zero-order valence-electron chi connectivity index (χ0n) is 15.2. The lowest BCUT2D eigenvalue weighted by Crippen LogP contribution is -2.33. The fourth-order valence-corrected chi connectivity index (χ4v) is 1.90. The number of nitrogens with one attached hydrogen (secondary N) is 2. The molecule has 0 saturated carbocycles. The molecule has 7 heteroatoms. The first-order valence-electron chi connectivity index (χ1n) is 7.90. The van der Waals surface area contributed by atoms with Crippen LogP contribution in [-0.4, -0.2) is 45.0 Å². The molecule has 0 bridgehead atoms. The molecule has 1 aromatic carbocycles. The molecule has 24 heavy (non-hydrogen) atoms. The third kappa shape index (κ3) is 6.72. The molecule has 6 nitrogen and oxygen atoms in total. The Bertz CT molecular complexity index is 520. The zero-order chi connectivity index (χ0) is 17.3. The van der Waals surface area contributed by atoms with Crippen molar-refractivity contribution in [3.05, 3.63) is 18.2 Å². The van der Waals surface area contributed by atoms with Gasteiger partial charge in [-0.3, -0.25) is 4.99 Å². The van der Waals surface area contributed by atoms with E-state index in [1.54, 1.807) is 14.2 Å². The van der Waals surface area contributed by atoms with E-state index >= 15 is 0 Å². The number of hydrogen-bond donors (Lipinski definition) is 3. The van der Waals surface area contributed by atoms with E-state index in [9.17, 15) is 5.11 Å². The molecule has 0 aliphatic carbocycles. The summed E-state index contributed by atoms with van der Waals surface area (Å²) in [4.78, 5) is 4.58. The summed E-state index contributed by atoms with van der Waals surface area (Å²) in [7, 11) is 3.21. The van der Waals surface area contributed by atoms with Crippen LogP contribution in [0.1, 0.15) is 27.2 Å². The van der Waals surface area contributed by atoms with Crippen LogP contribution in [0.2, 0.25) is 0 Å². The first-order chi connectivity index (χ1) is 11.0. The van der Waals surface area contributed by atoms with Crippen molar-refractivity contribution in [3.63, 3.8) is 0 Å². The molecule has 0 aliphatic rings. The molecule has 1 unspecified atom stereocenters. The molecule has 0 fully saturated rings. The number of aliphatic imine (C=N–C) groups is 1. The van der Waals surface area contributed by atoms with Gasteiger partial charge < -0.3 is 25.2 Å². The topological polar surface area (TPSA) is 75.1 Å². The van der Waals surface area contributed by atoms with Gasteiger partial charge in [-0.1, -0.05) is 13.8 Å². The quantitative estimate of drug-likeness (QED) is 0.322. The molecule has 0 heterocycles. The van der Waals surface area contributed by atoms with Crippen molar-refractivity contribution < 1.29 is 14.6 Å². The highest BCUT2D eigenvalue weighted by atomic mass is 127. The fraction of sp³-hybridized carbons (Fsp3) is 0.588. The number of aliphatic hydroxyl groups excluding tert-OH is 1. The van der Waals surface area contributed by atoms with Crippen LogP contribution in [0, 0.1) is 5.41 Å². The number of methoxy groups -OCH3 is 2. The molecule has 1 atom stereocenters. The van der Waals surface area contributed by atoms with Crippen LogP contribution < -0.4 is 20.1 Å². The molecule has 0 radical (unpaired) electrons. The van der Waals surface area contributed by atoms with Crippen LogP contribution in [0.5, 0.6) is 11.5 Å². The normalized spacial score (nSPS) is 13.5. The summed E-state index contributed by atoms with van der Waals surface area (Å²) in [5.74, 6) is 2.01. The summed E-state index contributed by atoms with van der Waals surface area (Å²) in [5.41, 5.74) is 0.643. The van der Waals surface area contributed by atoms with Crippen molar-refractivity contribution in [2.24, 2.45) is 10.4 Å². The Morgan fingerprint density at radius 1 is 1.21 bits per heavy atom. The van der Waals surface area contributed by atoms with Gasteiger partial charge in [0.2, 0.25) is 0 Å². The van der Waals surface area contributed by atoms with Crippen LogP contribution in [0.15, 0.2) is 23.2 Å². The lowest BCUT2D eigenvalue weighted by Gasteiger charge is -2.24. The average molecular weight is 451 g/mol. The molecule has 3 N–H and O–H groups in total. The van der Waals surface area contributed by atoms with Crippen LogP contribution >= 0.6 is 24.0 Å². The largest absolute Gasteiger partial charge is 0.493 e. The van der Waals surface area contributed by atoms with Gasteiger partial charge >= 0.3 is 0 Å². The number of aliphatic hydroxyl groups is 1. The van der Waals surface area contributed by atoms with Crippen LogP contribution in [0.4, 0.5) is 5.69 Å². The first kappa shape index (κ1) is 22.8. The van der Waals surface area contributed by atoms with Gasteiger partial charge in [0.25, 0.3) is 0 Å². The van der Waals surface area contributed by atoms with E-state index in [1.807, 2.05) is 32.0 Å². The summed E-state index contributed by atoms with van der Waals surface area (Å²) < 4.78 is 10.5. The smallest absolute Gasteiger partial charge is 0.195 e. The Balaban J connectivity index is 0.00000529. The molecule has 138 valence electrons. The van der Waals surface area contributed by atoms with Gasteiger partial charge in [-0.05, 0) is 25.5 Å². The third-order valence-electron chi connectivity index (χ3n) is 3.84. The monoisotopic (exact) mass is 451 g/mol. The van der Waals surface area contributed by atoms with Crippen LogP contribution in [-0.2, 0) is 0 Å². The molecule has 1 aromatic rings. The van der Waals surface area contributed by atoms with E-state index in [-0.39, 0.29) is 36.0 Å². The maximum Gasteiger partial charge on any atom is 0.195 e. The van der Waals surface area contributed by atoms with Gasteiger partial charge in [-0.25, -0.2) is 0 Å². The number of benzene rings is 1. The Morgan fingerprint density at radius 3 is 2.38 bits per heavy atom. The van der Waals surface area contributed by atoms with Crippen LogP contribution in [0.25, 0.3) is 0 Å². The van der Waals surface area contributed by atoms with E-state index in [2.05, 4.69) is 22.5 Å². The number of hydrogen-bond acceptors (Lipinski definition) is 4. The summed E-state index contributed by atoms with van der Waals surface area (Å²) in [5, 5.41) is 16.0. The highest BCUT2D eigenvalue weighted by Crippen LogP contribution is 2.29. The van der Waals surface area contributed by atoms with E-state index in [0.717, 1.165) is 18.7 Å². The van der Waals surface area contributed by atoms with E-state index in [4.69, 9.17) is 9.47 Å². The molecule has 1 rings (SSSR count). The standard InChI is InChI=1S/C17H29N3O3.HI/c1-6-17(3,12-21)11-19-16(18-7-2)20-13-8-9-14(22-4)15(10-13)23-5;/h8-10,21H,6-7,11-12H2,1-5H3,(H2,18,19,20);1H. The predicted molar refractivity (Wildman–Crippen MR) is 110 cm³/mol. The van der Waals surface area contributed by atoms with Crippen molar-refractivity contribution in [1.29, 1.82) is 0 Å². The Morgan fingerprint density at radius 2 is 1.88 bits per heavy atom. The molecule has 0 amide bonds. The predicted octanol–water partition coefficient (Wildman–Crippen LogP) is 3.11. The van der Waals surface area contributed by atoms with Crippen molar-refractivity contribution in [2.75, 3.05) is 39.2 Å². The van der Waals surface area contributed by atoms with Crippen molar-refractivity contribution in [3.8, 4) is 11.5 Å². The van der Waals surface area contributed by atoms with Gasteiger partial charge in [-0.15, -0.1) is 24.0 Å².